The van der Waals surface area contributed by atoms with Crippen LogP contribution in [0.1, 0.15) is 42.9 Å². The predicted octanol–water partition coefficient (Wildman–Crippen LogP) is 2.57. The normalized spacial score (nSPS) is 23.1. The molecule has 0 bridgehead atoms. The molecule has 0 atom stereocenters. The van der Waals surface area contributed by atoms with E-state index in [0.717, 1.165) is 17.5 Å². The van der Waals surface area contributed by atoms with E-state index in [0.29, 0.717) is 0 Å². The van der Waals surface area contributed by atoms with Crippen LogP contribution in [0.15, 0.2) is 18.3 Å². The van der Waals surface area contributed by atoms with Crippen LogP contribution in [0.5, 0.6) is 0 Å². The van der Waals surface area contributed by atoms with E-state index in [9.17, 15) is 0 Å². The summed E-state index contributed by atoms with van der Waals surface area (Å²) in [5, 5.41) is 3.46. The van der Waals surface area contributed by atoms with E-state index in [1.54, 1.807) is 0 Å². The van der Waals surface area contributed by atoms with Crippen molar-refractivity contribution in [1.29, 1.82) is 0 Å². The van der Waals surface area contributed by atoms with E-state index < -0.39 is 0 Å². The molecule has 0 spiro atoms. The Morgan fingerprint density at radius 3 is 2.55 bits per heavy atom. The zero-order chi connectivity index (χ0) is 13.8. The monoisotopic (exact) mass is 273 g/mol. The van der Waals surface area contributed by atoms with Gasteiger partial charge in [0.05, 0.1) is 0 Å². The van der Waals surface area contributed by atoms with Gasteiger partial charge >= 0.3 is 0 Å². The molecule has 3 heterocycles. The Morgan fingerprint density at radius 2 is 1.90 bits per heavy atom. The average molecular weight is 273 g/mol. The van der Waals surface area contributed by atoms with Crippen LogP contribution in [0, 0.1) is 12.8 Å². The fraction of sp³-hybridized carbons (Fsp3) is 0.706. The Labute approximate surface area is 122 Å². The number of aromatic nitrogens is 1. The maximum Gasteiger partial charge on any atom is 0.0372 e. The summed E-state index contributed by atoms with van der Waals surface area (Å²) in [7, 11) is 0. The van der Waals surface area contributed by atoms with Gasteiger partial charge in [-0.05, 0) is 82.3 Å². The number of hydrogen-bond acceptors (Lipinski definition) is 3. The minimum Gasteiger partial charge on any atom is -0.317 e. The Balaban J connectivity index is 1.47. The first-order valence-corrected chi connectivity index (χ1v) is 8.17. The third kappa shape index (κ3) is 3.58. The van der Waals surface area contributed by atoms with Crippen LogP contribution in [0.2, 0.25) is 0 Å². The van der Waals surface area contributed by atoms with Gasteiger partial charge in [-0.15, -0.1) is 0 Å². The van der Waals surface area contributed by atoms with Crippen molar-refractivity contribution in [3.05, 3.63) is 29.6 Å². The van der Waals surface area contributed by atoms with Gasteiger partial charge in [0, 0.05) is 18.4 Å². The molecule has 0 amide bonds. The van der Waals surface area contributed by atoms with Crippen molar-refractivity contribution < 1.29 is 0 Å². The topological polar surface area (TPSA) is 28.2 Å². The summed E-state index contributed by atoms with van der Waals surface area (Å²) < 4.78 is 0. The molecule has 3 rings (SSSR count). The average Bonchev–Trinajstić information content (AvgIpc) is 2.50. The summed E-state index contributed by atoms with van der Waals surface area (Å²) in [4.78, 5) is 7.13. The van der Waals surface area contributed by atoms with Gasteiger partial charge in [-0.1, -0.05) is 6.07 Å². The minimum atomic E-state index is 0.729. The molecule has 1 N–H and O–H groups in total. The third-order valence-corrected chi connectivity index (χ3v) is 4.97. The van der Waals surface area contributed by atoms with E-state index in [-0.39, 0.29) is 0 Å². The highest BCUT2D eigenvalue weighted by Crippen LogP contribution is 2.28. The summed E-state index contributed by atoms with van der Waals surface area (Å²) in [6, 6.07) is 4.42. The predicted molar refractivity (Wildman–Crippen MR) is 83.0 cm³/mol. The van der Waals surface area contributed by atoms with Gasteiger partial charge in [-0.2, -0.15) is 0 Å². The van der Waals surface area contributed by atoms with Crippen LogP contribution in [0.25, 0.3) is 0 Å². The van der Waals surface area contributed by atoms with Gasteiger partial charge < -0.3 is 10.2 Å². The smallest absolute Gasteiger partial charge is 0.0372 e. The molecule has 3 nitrogen and oxygen atoms in total. The summed E-state index contributed by atoms with van der Waals surface area (Å²) in [5.41, 5.74) is 2.56. The Morgan fingerprint density at radius 1 is 1.15 bits per heavy atom. The number of nitrogens with one attached hydrogen (secondary N) is 1. The van der Waals surface area contributed by atoms with Gasteiger partial charge in [0.15, 0.2) is 0 Å². The standard InChI is InChI=1S/C17H27N3/c1-14-2-3-17(12-19-14)16-6-10-20(11-7-16)13-15-4-8-18-9-5-15/h2-3,12,15-16,18H,4-11,13H2,1H3. The van der Waals surface area contributed by atoms with Crippen LogP contribution in [-0.4, -0.2) is 42.6 Å². The van der Waals surface area contributed by atoms with Crippen molar-refractivity contribution in [3.63, 3.8) is 0 Å². The van der Waals surface area contributed by atoms with Crippen molar-refractivity contribution in [2.75, 3.05) is 32.7 Å². The van der Waals surface area contributed by atoms with Gasteiger partial charge in [0.25, 0.3) is 0 Å². The lowest BCUT2D eigenvalue weighted by Crippen LogP contribution is -2.39. The lowest BCUT2D eigenvalue weighted by Gasteiger charge is -2.35. The van der Waals surface area contributed by atoms with Crippen molar-refractivity contribution >= 4 is 0 Å². The van der Waals surface area contributed by atoms with E-state index in [1.165, 1.54) is 64.0 Å². The van der Waals surface area contributed by atoms with Crippen LogP contribution in [0.3, 0.4) is 0 Å². The van der Waals surface area contributed by atoms with E-state index in [2.05, 4.69) is 40.5 Å². The molecule has 1 aromatic heterocycles. The molecule has 2 aliphatic rings. The van der Waals surface area contributed by atoms with Crippen molar-refractivity contribution in [2.45, 2.75) is 38.5 Å². The molecule has 20 heavy (non-hydrogen) atoms. The number of rotatable bonds is 3. The van der Waals surface area contributed by atoms with Crippen LogP contribution >= 0.6 is 0 Å². The fourth-order valence-corrected chi connectivity index (χ4v) is 3.60. The molecular formula is C17H27N3. The second kappa shape index (κ2) is 6.68. The molecule has 2 aliphatic heterocycles. The van der Waals surface area contributed by atoms with Crippen LogP contribution in [-0.2, 0) is 0 Å². The SMILES string of the molecule is Cc1ccc(C2CCN(CC3CCNCC3)CC2)cn1. The number of likely N-dealkylation sites (tertiary alicyclic amines) is 1. The zero-order valence-corrected chi connectivity index (χ0v) is 12.6. The molecular weight excluding hydrogens is 246 g/mol. The minimum absolute atomic E-state index is 0.729. The molecule has 3 heteroatoms. The van der Waals surface area contributed by atoms with Crippen molar-refractivity contribution in [1.82, 2.24) is 15.2 Å². The van der Waals surface area contributed by atoms with Crippen molar-refractivity contribution in [2.24, 2.45) is 5.92 Å². The van der Waals surface area contributed by atoms with E-state index in [1.807, 2.05) is 0 Å². The Kier molecular flexibility index (Phi) is 4.69. The fourth-order valence-electron chi connectivity index (χ4n) is 3.60. The first-order valence-electron chi connectivity index (χ1n) is 8.17. The number of aryl methyl sites for hydroxylation is 1. The molecule has 0 aromatic carbocycles. The highest BCUT2D eigenvalue weighted by molar-refractivity contribution is 5.18. The first-order chi connectivity index (χ1) is 9.81. The highest BCUT2D eigenvalue weighted by Gasteiger charge is 2.23. The van der Waals surface area contributed by atoms with E-state index >= 15 is 0 Å². The molecule has 1 aromatic rings. The molecule has 2 fully saturated rings. The second-order valence-electron chi connectivity index (χ2n) is 6.50. The Bertz CT molecular complexity index is 401. The van der Waals surface area contributed by atoms with E-state index in [4.69, 9.17) is 0 Å². The summed E-state index contributed by atoms with van der Waals surface area (Å²) in [6.07, 6.45) is 7.41. The number of hydrogen-bond donors (Lipinski definition) is 1. The largest absolute Gasteiger partial charge is 0.317 e. The lowest BCUT2D eigenvalue weighted by molar-refractivity contribution is 0.167. The maximum atomic E-state index is 4.45. The number of pyridine rings is 1. The van der Waals surface area contributed by atoms with Crippen molar-refractivity contribution in [3.8, 4) is 0 Å². The summed E-state index contributed by atoms with van der Waals surface area (Å²) >= 11 is 0. The molecule has 2 saturated heterocycles. The third-order valence-electron chi connectivity index (χ3n) is 4.97. The van der Waals surface area contributed by atoms with Gasteiger partial charge in [-0.3, -0.25) is 4.98 Å². The van der Waals surface area contributed by atoms with Gasteiger partial charge in [-0.25, -0.2) is 0 Å². The molecule has 0 unspecified atom stereocenters. The Hall–Kier alpha value is -0.930. The summed E-state index contributed by atoms with van der Waals surface area (Å²) in [5.74, 6) is 1.65. The first kappa shape index (κ1) is 14.0. The zero-order valence-electron chi connectivity index (χ0n) is 12.6. The number of nitrogens with zero attached hydrogens (tertiary/aromatic N) is 2. The quantitative estimate of drug-likeness (QED) is 0.917. The highest BCUT2D eigenvalue weighted by atomic mass is 15.1. The molecule has 0 saturated carbocycles. The van der Waals surface area contributed by atoms with Gasteiger partial charge in [0.2, 0.25) is 0 Å². The van der Waals surface area contributed by atoms with Gasteiger partial charge in [0.1, 0.15) is 0 Å². The maximum absolute atomic E-state index is 4.45. The second-order valence-corrected chi connectivity index (χ2v) is 6.50. The summed E-state index contributed by atoms with van der Waals surface area (Å²) in [6.45, 7) is 8.35. The molecule has 110 valence electrons. The lowest BCUT2D eigenvalue weighted by atomic mass is 9.89. The number of piperidine rings is 2. The van der Waals surface area contributed by atoms with Crippen LogP contribution in [0.4, 0.5) is 0 Å². The van der Waals surface area contributed by atoms with Crippen LogP contribution < -0.4 is 5.32 Å². The molecule has 0 aliphatic carbocycles. The molecule has 0 radical (unpaired) electrons.